The third kappa shape index (κ3) is 4.19. The van der Waals surface area contributed by atoms with Crippen molar-refractivity contribution >= 4 is 28.6 Å². The molecule has 0 aromatic carbocycles. The SMILES string of the molecule is COc1cc(C(=O)O)cc2nc(-c3cc4ccc([C@@H](C)NC(=O)C(C)(C)C)nc4n3CC34CC(C3)C4)c(C3CC3)n12. The van der Waals surface area contributed by atoms with E-state index in [4.69, 9.17) is 14.7 Å². The quantitative estimate of drug-likeness (QED) is 0.278. The van der Waals surface area contributed by atoms with Gasteiger partial charge in [-0.05, 0) is 74.6 Å². The molecule has 4 aromatic rings. The van der Waals surface area contributed by atoms with Crippen LogP contribution in [0.5, 0.6) is 5.88 Å². The molecule has 4 aromatic heterocycles. The Bertz CT molecular complexity index is 1720. The molecule has 4 fully saturated rings. The van der Waals surface area contributed by atoms with Gasteiger partial charge in [0.1, 0.15) is 17.0 Å². The van der Waals surface area contributed by atoms with Gasteiger partial charge in [-0.2, -0.15) is 0 Å². The lowest BCUT2D eigenvalue weighted by atomic mass is 9.44. The molecule has 2 bridgehead atoms. The number of carbonyl (C=O) groups is 2. The second-order valence-corrected chi connectivity index (χ2v) is 13.6. The monoisotopic (exact) mass is 555 g/mol. The molecule has 4 heterocycles. The van der Waals surface area contributed by atoms with Crippen molar-refractivity contribution in [2.45, 2.75) is 78.3 Å². The Labute approximate surface area is 238 Å². The fraction of sp³-hybridized carbons (Fsp3) is 0.500. The minimum Gasteiger partial charge on any atom is -0.482 e. The Morgan fingerprint density at radius 3 is 2.46 bits per heavy atom. The van der Waals surface area contributed by atoms with Crippen LogP contribution in [0, 0.1) is 16.7 Å². The van der Waals surface area contributed by atoms with Gasteiger partial charge in [0.15, 0.2) is 5.88 Å². The first-order valence-corrected chi connectivity index (χ1v) is 14.6. The van der Waals surface area contributed by atoms with Crippen LogP contribution in [0.25, 0.3) is 28.1 Å². The number of aromatic carboxylic acids is 1. The topological polar surface area (TPSA) is 111 Å². The van der Waals surface area contributed by atoms with E-state index >= 15 is 0 Å². The zero-order chi connectivity index (χ0) is 28.8. The number of imidazole rings is 1. The number of carbonyl (C=O) groups excluding carboxylic acids is 1. The molecule has 0 radical (unpaired) electrons. The van der Waals surface area contributed by atoms with Crippen LogP contribution in [0.4, 0.5) is 0 Å². The van der Waals surface area contributed by atoms with Crippen LogP contribution in [0.3, 0.4) is 0 Å². The summed E-state index contributed by atoms with van der Waals surface area (Å²) in [5, 5.41) is 13.9. The first-order valence-electron chi connectivity index (χ1n) is 14.6. The summed E-state index contributed by atoms with van der Waals surface area (Å²) in [6.07, 6.45) is 5.87. The van der Waals surface area contributed by atoms with Crippen LogP contribution in [0.2, 0.25) is 0 Å². The summed E-state index contributed by atoms with van der Waals surface area (Å²) in [6, 6.07) is 9.24. The van der Waals surface area contributed by atoms with Crippen LogP contribution in [0.1, 0.15) is 93.5 Å². The molecule has 41 heavy (non-hydrogen) atoms. The minimum absolute atomic E-state index is 0.00899. The maximum atomic E-state index is 12.7. The second-order valence-electron chi connectivity index (χ2n) is 13.6. The molecule has 4 saturated carbocycles. The van der Waals surface area contributed by atoms with Crippen LogP contribution in [-0.2, 0) is 11.3 Å². The number of hydrogen-bond acceptors (Lipinski definition) is 5. The average Bonchev–Trinajstić information content (AvgIpc) is 3.54. The Hall–Kier alpha value is -3.88. The van der Waals surface area contributed by atoms with Crippen molar-refractivity contribution < 1.29 is 19.4 Å². The highest BCUT2D eigenvalue weighted by atomic mass is 16.5. The average molecular weight is 556 g/mol. The molecule has 0 saturated heterocycles. The third-order valence-electron chi connectivity index (χ3n) is 9.28. The number of amides is 1. The molecular weight excluding hydrogens is 518 g/mol. The largest absolute Gasteiger partial charge is 0.482 e. The summed E-state index contributed by atoms with van der Waals surface area (Å²) in [6.45, 7) is 8.58. The van der Waals surface area contributed by atoms with Crippen LogP contribution < -0.4 is 10.1 Å². The van der Waals surface area contributed by atoms with Crippen molar-refractivity contribution in [3.05, 3.63) is 47.3 Å². The standard InChI is InChI=1S/C32H37N5O4/c1-17(33-30(40)31(2,3)4)22-9-8-20-10-23(36(28(20)34-22)16-32-13-18(14-32)15-32)26-27(19-6-7-19)37-24(35-26)11-21(29(38)39)12-25(37)41-5/h8-12,17-19H,6-7,13-16H2,1-5H3,(H,33,40)(H,38,39)/t17-,18?,32?/m1/s1. The van der Waals surface area contributed by atoms with Gasteiger partial charge in [0.25, 0.3) is 0 Å². The summed E-state index contributed by atoms with van der Waals surface area (Å²) in [5.41, 5.74) is 5.22. The molecule has 0 unspecified atom stereocenters. The predicted molar refractivity (Wildman–Crippen MR) is 155 cm³/mol. The van der Waals surface area contributed by atoms with E-state index in [9.17, 15) is 14.7 Å². The third-order valence-corrected chi connectivity index (χ3v) is 9.28. The van der Waals surface area contributed by atoms with Crippen molar-refractivity contribution in [1.29, 1.82) is 0 Å². The summed E-state index contributed by atoms with van der Waals surface area (Å²) >= 11 is 0. The van der Waals surface area contributed by atoms with E-state index in [2.05, 4.69) is 22.0 Å². The Morgan fingerprint density at radius 2 is 1.88 bits per heavy atom. The summed E-state index contributed by atoms with van der Waals surface area (Å²) in [7, 11) is 1.57. The number of pyridine rings is 2. The zero-order valence-corrected chi connectivity index (χ0v) is 24.3. The van der Waals surface area contributed by atoms with Gasteiger partial charge in [-0.25, -0.2) is 14.8 Å². The fourth-order valence-corrected chi connectivity index (χ4v) is 6.77. The molecule has 8 rings (SSSR count). The van der Waals surface area contributed by atoms with Crippen LogP contribution in [0.15, 0.2) is 30.3 Å². The van der Waals surface area contributed by atoms with Crippen LogP contribution >= 0.6 is 0 Å². The molecule has 4 aliphatic rings. The highest BCUT2D eigenvalue weighted by Gasteiger charge is 2.56. The van der Waals surface area contributed by atoms with E-state index in [1.54, 1.807) is 19.2 Å². The fourth-order valence-electron chi connectivity index (χ4n) is 6.77. The normalized spacial score (nSPS) is 22.3. The van der Waals surface area contributed by atoms with Gasteiger partial charge in [-0.15, -0.1) is 0 Å². The lowest BCUT2D eigenvalue weighted by molar-refractivity contribution is -0.129. The maximum Gasteiger partial charge on any atom is 0.336 e. The van der Waals surface area contributed by atoms with E-state index in [1.807, 2.05) is 38.2 Å². The molecule has 1 atom stereocenters. The predicted octanol–water partition coefficient (Wildman–Crippen LogP) is 5.96. The van der Waals surface area contributed by atoms with Gasteiger partial charge in [0.2, 0.25) is 5.91 Å². The summed E-state index contributed by atoms with van der Waals surface area (Å²) in [5.74, 6) is 0.650. The van der Waals surface area contributed by atoms with Gasteiger partial charge < -0.3 is 19.7 Å². The molecule has 9 nitrogen and oxygen atoms in total. The van der Waals surface area contributed by atoms with Gasteiger partial charge in [-0.3, -0.25) is 9.20 Å². The first kappa shape index (κ1) is 26.0. The Morgan fingerprint density at radius 1 is 1.15 bits per heavy atom. The van der Waals surface area contributed by atoms with E-state index in [1.165, 1.54) is 19.3 Å². The van der Waals surface area contributed by atoms with E-state index in [0.717, 1.165) is 59.1 Å². The maximum absolute atomic E-state index is 12.7. The number of fused-ring (bicyclic) bond motifs is 2. The molecular formula is C32H37N5O4. The Kier molecular flexibility index (Phi) is 5.60. The molecule has 2 N–H and O–H groups in total. The molecule has 1 amide bonds. The minimum atomic E-state index is -1.01. The number of nitrogens with zero attached hydrogens (tertiary/aromatic N) is 4. The highest BCUT2D eigenvalue weighted by molar-refractivity contribution is 5.90. The van der Waals surface area contributed by atoms with Crippen molar-refractivity contribution in [2.24, 2.45) is 16.7 Å². The number of hydrogen-bond donors (Lipinski definition) is 2. The first-order chi connectivity index (χ1) is 19.5. The van der Waals surface area contributed by atoms with Crippen molar-refractivity contribution in [3.63, 3.8) is 0 Å². The number of nitrogens with one attached hydrogen (secondary N) is 1. The van der Waals surface area contributed by atoms with E-state index in [-0.39, 0.29) is 17.5 Å². The van der Waals surface area contributed by atoms with Gasteiger partial charge >= 0.3 is 5.97 Å². The number of aromatic nitrogens is 4. The number of methoxy groups -OCH3 is 1. The van der Waals surface area contributed by atoms with Crippen molar-refractivity contribution in [2.75, 3.05) is 7.11 Å². The molecule has 214 valence electrons. The van der Waals surface area contributed by atoms with Gasteiger partial charge in [0, 0.05) is 29.3 Å². The number of carboxylic acids is 1. The molecule has 4 aliphatic carbocycles. The van der Waals surface area contributed by atoms with Crippen molar-refractivity contribution in [3.8, 4) is 17.3 Å². The van der Waals surface area contributed by atoms with Gasteiger partial charge in [-0.1, -0.05) is 20.8 Å². The van der Waals surface area contributed by atoms with E-state index in [0.29, 0.717) is 22.9 Å². The number of rotatable bonds is 8. The molecule has 0 aliphatic heterocycles. The smallest absolute Gasteiger partial charge is 0.336 e. The zero-order valence-electron chi connectivity index (χ0n) is 24.3. The number of ether oxygens (including phenoxy) is 1. The van der Waals surface area contributed by atoms with Gasteiger partial charge in [0.05, 0.1) is 35.8 Å². The number of carboxylic acid groups (broad SMARTS) is 1. The molecule has 9 heteroatoms. The highest BCUT2D eigenvalue weighted by Crippen LogP contribution is 2.65. The van der Waals surface area contributed by atoms with E-state index < -0.39 is 11.4 Å². The van der Waals surface area contributed by atoms with Crippen LogP contribution in [-0.4, -0.2) is 43.0 Å². The summed E-state index contributed by atoms with van der Waals surface area (Å²) < 4.78 is 10.0. The lowest BCUT2D eigenvalue weighted by Gasteiger charge is -2.62. The molecule has 0 spiro atoms. The lowest BCUT2D eigenvalue weighted by Crippen LogP contribution is -2.54. The summed E-state index contributed by atoms with van der Waals surface area (Å²) in [4.78, 5) is 34.8. The second kappa shape index (κ2) is 8.81. The van der Waals surface area contributed by atoms with Crippen molar-refractivity contribution in [1.82, 2.24) is 24.3 Å². The Balaban J connectivity index is 1.40.